The smallest absolute Gasteiger partial charge is 0.352 e. The van der Waals surface area contributed by atoms with Gasteiger partial charge < -0.3 is 15.7 Å². The van der Waals surface area contributed by atoms with Crippen molar-refractivity contribution in [1.82, 2.24) is 15.2 Å². The van der Waals surface area contributed by atoms with Crippen LogP contribution in [0.25, 0.3) is 0 Å². The van der Waals surface area contributed by atoms with Crippen LogP contribution in [0, 0.1) is 0 Å². The van der Waals surface area contributed by atoms with Crippen LogP contribution in [0.2, 0.25) is 0 Å². The Labute approximate surface area is 148 Å². The van der Waals surface area contributed by atoms with Gasteiger partial charge in [0.2, 0.25) is 6.41 Å². The van der Waals surface area contributed by atoms with Crippen LogP contribution >= 0.6 is 23.1 Å². The van der Waals surface area contributed by atoms with E-state index in [9.17, 15) is 24.0 Å². The lowest BCUT2D eigenvalue weighted by Gasteiger charge is -2.48. The molecule has 1 saturated heterocycles. The second-order valence-corrected chi connectivity index (χ2v) is 6.91. The average molecular weight is 382 g/mol. The molecule has 3 heterocycles. The maximum atomic E-state index is 12.1. The molecular weight excluding hydrogens is 372 g/mol. The fourth-order valence-electron chi connectivity index (χ4n) is 2.36. The number of hydrogen-bond donors (Lipinski definition) is 3. The number of nitrogens with zero attached hydrogens (tertiary/aromatic N) is 2. The number of β-lactam (4-membered cyclic amide) rings is 1. The van der Waals surface area contributed by atoms with Gasteiger partial charge in [0.25, 0.3) is 17.6 Å². The molecule has 1 unspecified atom stereocenters. The van der Waals surface area contributed by atoms with Crippen LogP contribution in [-0.4, -0.2) is 62.1 Å². The SMILES string of the molecule is O=CNc1nc(C(=O)C(=O)NC2C(=O)N3C(C(=O)O)=CCS[C@@H]23)cs1. The summed E-state index contributed by atoms with van der Waals surface area (Å²) in [6.45, 7) is 0. The number of hydrogen-bond acceptors (Lipinski definition) is 8. The quantitative estimate of drug-likeness (QED) is 0.252. The van der Waals surface area contributed by atoms with Gasteiger partial charge in [-0.25, -0.2) is 9.78 Å². The van der Waals surface area contributed by atoms with Crippen molar-refractivity contribution in [3.05, 3.63) is 22.8 Å². The number of amides is 3. The van der Waals surface area contributed by atoms with Crippen LogP contribution < -0.4 is 10.6 Å². The van der Waals surface area contributed by atoms with Gasteiger partial charge in [-0.3, -0.25) is 24.1 Å². The third-order valence-electron chi connectivity index (χ3n) is 3.48. The molecule has 2 aliphatic rings. The van der Waals surface area contributed by atoms with Gasteiger partial charge in [-0.15, -0.1) is 23.1 Å². The Morgan fingerprint density at radius 3 is 2.84 bits per heavy atom. The lowest BCUT2D eigenvalue weighted by atomic mass is 10.0. The molecule has 0 spiro atoms. The first kappa shape index (κ1) is 17.1. The second-order valence-electron chi connectivity index (χ2n) is 4.91. The molecule has 3 amide bonds. The Morgan fingerprint density at radius 2 is 2.16 bits per heavy atom. The summed E-state index contributed by atoms with van der Waals surface area (Å²) in [5, 5.41) is 14.6. The van der Waals surface area contributed by atoms with Crippen LogP contribution in [0.15, 0.2) is 17.2 Å². The molecule has 3 N–H and O–H groups in total. The highest BCUT2D eigenvalue weighted by atomic mass is 32.2. The van der Waals surface area contributed by atoms with Crippen molar-refractivity contribution in [2.75, 3.05) is 11.1 Å². The summed E-state index contributed by atoms with van der Waals surface area (Å²) in [4.78, 5) is 62.5. The summed E-state index contributed by atoms with van der Waals surface area (Å²) in [5.41, 5.74) is -0.285. The monoisotopic (exact) mass is 382 g/mol. The first-order valence-corrected chi connectivity index (χ1v) is 8.76. The number of thiazole rings is 1. The number of Topliss-reactive ketones (excluding diaryl/α,β-unsaturated/α-hetero) is 1. The lowest BCUT2D eigenvalue weighted by molar-refractivity contribution is -0.150. The zero-order valence-corrected chi connectivity index (χ0v) is 13.9. The van der Waals surface area contributed by atoms with Crippen molar-refractivity contribution in [3.8, 4) is 0 Å². The predicted molar refractivity (Wildman–Crippen MR) is 86.9 cm³/mol. The largest absolute Gasteiger partial charge is 0.477 e. The van der Waals surface area contributed by atoms with Crippen molar-refractivity contribution in [3.63, 3.8) is 0 Å². The number of fused-ring (bicyclic) bond motifs is 1. The molecular formula is C13H10N4O6S2. The third kappa shape index (κ3) is 3.00. The summed E-state index contributed by atoms with van der Waals surface area (Å²) >= 11 is 2.26. The standard InChI is InChI=1S/C13H10N4O6S2/c18-4-14-13-15-5(3-25-13)8(19)9(20)16-7-10(21)17-6(12(22)23)1-2-24-11(7)17/h1,3-4,7,11H,2H2,(H,16,20)(H,22,23)(H,14,15,18)/t7?,11-/m0/s1. The zero-order chi connectivity index (χ0) is 18.1. The molecule has 2 aliphatic heterocycles. The van der Waals surface area contributed by atoms with Crippen molar-refractivity contribution >= 4 is 58.2 Å². The average Bonchev–Trinajstić information content (AvgIpc) is 3.06. The molecule has 0 aromatic carbocycles. The van der Waals surface area contributed by atoms with Crippen molar-refractivity contribution in [2.24, 2.45) is 0 Å². The fraction of sp³-hybridized carbons (Fsp3) is 0.231. The van der Waals surface area contributed by atoms with E-state index in [1.807, 2.05) is 0 Å². The van der Waals surface area contributed by atoms with Crippen LogP contribution in [-0.2, 0) is 19.2 Å². The number of rotatable bonds is 6. The summed E-state index contributed by atoms with van der Waals surface area (Å²) in [7, 11) is 0. The number of carbonyl (C=O) groups is 5. The minimum Gasteiger partial charge on any atom is -0.477 e. The van der Waals surface area contributed by atoms with Gasteiger partial charge in [-0.2, -0.15) is 0 Å². The van der Waals surface area contributed by atoms with Crippen molar-refractivity contribution in [1.29, 1.82) is 0 Å². The molecule has 130 valence electrons. The number of thioether (sulfide) groups is 1. The molecule has 0 radical (unpaired) electrons. The van der Waals surface area contributed by atoms with Gasteiger partial charge in [0.1, 0.15) is 22.8 Å². The molecule has 0 saturated carbocycles. The second kappa shape index (κ2) is 6.64. The van der Waals surface area contributed by atoms with Crippen LogP contribution in [0.3, 0.4) is 0 Å². The van der Waals surface area contributed by atoms with E-state index in [1.165, 1.54) is 23.2 Å². The third-order valence-corrected chi connectivity index (χ3v) is 5.43. The highest BCUT2D eigenvalue weighted by Gasteiger charge is 2.53. The van der Waals surface area contributed by atoms with Crippen molar-refractivity contribution in [2.45, 2.75) is 11.4 Å². The minimum absolute atomic E-state index is 0.130. The van der Waals surface area contributed by atoms with Gasteiger partial charge in [0.15, 0.2) is 5.13 Å². The molecule has 3 rings (SSSR count). The van der Waals surface area contributed by atoms with Crippen LogP contribution in [0.5, 0.6) is 0 Å². The van der Waals surface area contributed by atoms with E-state index in [0.717, 1.165) is 16.2 Å². The topological polar surface area (TPSA) is 146 Å². The van der Waals surface area contributed by atoms with E-state index in [1.54, 1.807) is 0 Å². The lowest BCUT2D eigenvalue weighted by Crippen LogP contribution is -2.70. The molecule has 25 heavy (non-hydrogen) atoms. The van der Waals surface area contributed by atoms with Crippen LogP contribution in [0.4, 0.5) is 5.13 Å². The van der Waals surface area contributed by atoms with E-state index in [2.05, 4.69) is 15.6 Å². The molecule has 1 fully saturated rings. The molecule has 1 aromatic rings. The Balaban J connectivity index is 1.66. The van der Waals surface area contributed by atoms with Gasteiger partial charge in [0.05, 0.1) is 0 Å². The number of aromatic nitrogens is 1. The molecule has 2 atom stereocenters. The highest BCUT2D eigenvalue weighted by molar-refractivity contribution is 8.00. The van der Waals surface area contributed by atoms with E-state index in [0.29, 0.717) is 12.2 Å². The normalized spacial score (nSPS) is 21.5. The molecule has 10 nitrogen and oxygen atoms in total. The van der Waals surface area contributed by atoms with E-state index < -0.39 is 35.0 Å². The maximum Gasteiger partial charge on any atom is 0.352 e. The Hall–Kier alpha value is -2.73. The van der Waals surface area contributed by atoms with Crippen LogP contribution in [0.1, 0.15) is 10.5 Å². The highest BCUT2D eigenvalue weighted by Crippen LogP contribution is 2.37. The Kier molecular flexibility index (Phi) is 4.55. The zero-order valence-electron chi connectivity index (χ0n) is 12.3. The predicted octanol–water partition coefficient (Wildman–Crippen LogP) is -0.737. The minimum atomic E-state index is -1.22. The number of anilines is 1. The van der Waals surface area contributed by atoms with Gasteiger partial charge in [-0.05, 0) is 6.08 Å². The summed E-state index contributed by atoms with van der Waals surface area (Å²) < 4.78 is 0. The van der Waals surface area contributed by atoms with Gasteiger partial charge in [0, 0.05) is 11.1 Å². The van der Waals surface area contributed by atoms with E-state index >= 15 is 0 Å². The summed E-state index contributed by atoms with van der Waals surface area (Å²) in [6, 6.07) is -0.976. The summed E-state index contributed by atoms with van der Waals surface area (Å²) in [6.07, 6.45) is 1.81. The summed E-state index contributed by atoms with van der Waals surface area (Å²) in [5.74, 6) is -3.40. The number of carboxylic acids is 1. The molecule has 0 bridgehead atoms. The molecule has 0 aliphatic carbocycles. The number of carbonyl (C=O) groups excluding carboxylic acids is 4. The molecule has 12 heteroatoms. The first-order valence-electron chi connectivity index (χ1n) is 6.83. The maximum absolute atomic E-state index is 12.1. The number of aliphatic carboxylic acids is 1. The Morgan fingerprint density at radius 1 is 1.40 bits per heavy atom. The fourth-order valence-corrected chi connectivity index (χ4v) is 4.20. The number of nitrogens with one attached hydrogen (secondary N) is 2. The first-order chi connectivity index (χ1) is 11.9. The Bertz CT molecular complexity index is 819. The van der Waals surface area contributed by atoms with E-state index in [4.69, 9.17) is 5.11 Å². The van der Waals surface area contributed by atoms with E-state index in [-0.39, 0.29) is 16.5 Å². The molecule has 1 aromatic heterocycles. The number of carboxylic acid groups (broad SMARTS) is 1. The van der Waals surface area contributed by atoms with Crippen molar-refractivity contribution < 1.29 is 29.1 Å². The van der Waals surface area contributed by atoms with Gasteiger partial charge in [-0.1, -0.05) is 0 Å². The number of ketones is 1. The van der Waals surface area contributed by atoms with Gasteiger partial charge >= 0.3 is 5.97 Å².